The fourth-order valence-electron chi connectivity index (χ4n) is 12.0. The van der Waals surface area contributed by atoms with Crippen molar-refractivity contribution >= 4 is 0 Å². The van der Waals surface area contributed by atoms with Crippen molar-refractivity contribution in [2.24, 2.45) is 0 Å². The molecule has 21 aliphatic heterocycles. The summed E-state index contributed by atoms with van der Waals surface area (Å²) in [6.07, 6.45) is -55.6. The number of ether oxygens (including phenoxy) is 14. The summed E-state index contributed by atoms with van der Waals surface area (Å²) >= 11 is 0. The molecule has 0 aromatic carbocycles. The Morgan fingerprint density at radius 3 is 0.624 bits per heavy atom. The fraction of sp³-hybridized carbons (Fsp3) is 0.875. The Morgan fingerprint density at radius 2 is 0.435 bits per heavy atom. The minimum atomic E-state index is -2.20. The normalized spacial score (nSPS) is 51.3. The lowest BCUT2D eigenvalue weighted by Crippen LogP contribution is -2.68. The lowest BCUT2D eigenvalue weighted by molar-refractivity contribution is -0.395. The van der Waals surface area contributed by atoms with E-state index < -0.39 is 261 Å². The van der Waals surface area contributed by atoms with Gasteiger partial charge in [0.15, 0.2) is 44.0 Å². The van der Waals surface area contributed by atoms with E-state index in [4.69, 9.17) is 66.3 Å². The molecule has 0 saturated carbocycles. The second-order valence-electron chi connectivity index (χ2n) is 21.7. The maximum Gasteiger partial charge on any atom is 0.187 e. The van der Waals surface area contributed by atoms with Gasteiger partial charge in [0.05, 0.1) is 71.0 Å². The second-order valence-corrected chi connectivity index (χ2v) is 21.7. The fourth-order valence-corrected chi connectivity index (χ4v) is 12.0. The van der Waals surface area contributed by atoms with Crippen LogP contribution >= 0.6 is 0 Å². The highest BCUT2D eigenvalue weighted by molar-refractivity contribution is 5.04. The van der Waals surface area contributed by atoms with Gasteiger partial charge in [-0.05, 0) is 0 Å². The molecular formula is C48H74N4O33. The Bertz CT molecular complexity index is 2310. The quantitative estimate of drug-likeness (QED) is 0.111. The van der Waals surface area contributed by atoms with Gasteiger partial charge in [-0.2, -0.15) is 0 Å². The Balaban J connectivity index is 0.975. The Kier molecular flexibility index (Phi) is 21.2. The van der Waals surface area contributed by atoms with E-state index in [-0.39, 0.29) is 0 Å². The van der Waals surface area contributed by atoms with E-state index in [1.807, 2.05) is 0 Å². The SMILES string of the molecule is OC[C@H]1O[C@@H]2O[C@H]3[C@H](O)[C@@H](O)[C@@H](O[C@H]4[C@H](n5ccnc5)[C@@H](O)[C@@H](O[C@H]5[C@H](O)[C@@H](O)[C@@H](O[C@H]6[C@H](n7ccnc7)[C@@H](O)[C@@H](O[C@H]7[C@H](O)[C@@H](O)[C@@H](O[C@H]8[C@H](O)[C@@H](O)[C@@H](O[C@H]1[C@H](O)[C@H]2O)O[C@@H]8CO)O[C@@H]7CO)O[C@@H]6CO)O[C@@H]5CO)O[C@@H]4CO)O[C@@H]3CO. The lowest BCUT2D eigenvalue weighted by atomic mass is 9.93. The number of hydrogen-bond acceptors (Lipinski definition) is 35. The third kappa shape index (κ3) is 12.5. The van der Waals surface area contributed by atoms with Crippen LogP contribution in [0.5, 0.6) is 0 Å². The zero-order valence-corrected chi connectivity index (χ0v) is 44.6. The van der Waals surface area contributed by atoms with Crippen LogP contribution in [0, 0.1) is 0 Å². The molecule has 2 aromatic rings. The topological polar surface area (TPSA) is 549 Å². The number of rotatable bonds is 9. The van der Waals surface area contributed by atoms with E-state index >= 15 is 0 Å². The molecule has 484 valence electrons. The summed E-state index contributed by atoms with van der Waals surface area (Å²) in [5, 5.41) is 214. The molecule has 19 N–H and O–H groups in total. The highest BCUT2D eigenvalue weighted by Gasteiger charge is 2.60. The molecule has 2 aromatic heterocycles. The van der Waals surface area contributed by atoms with Crippen LogP contribution in [0.25, 0.3) is 0 Å². The second kappa shape index (κ2) is 27.7. The molecule has 0 radical (unpaired) electrons. The van der Waals surface area contributed by atoms with Gasteiger partial charge in [0, 0.05) is 24.8 Å². The largest absolute Gasteiger partial charge is 0.394 e. The molecule has 37 nitrogen and oxygen atoms in total. The Hall–Kier alpha value is -2.90. The third-order valence-corrected chi connectivity index (χ3v) is 16.5. The molecule has 0 unspecified atom stereocenters. The average molecular weight is 1240 g/mol. The van der Waals surface area contributed by atoms with Gasteiger partial charge in [0.25, 0.3) is 0 Å². The molecule has 35 atom stereocenters. The predicted molar refractivity (Wildman–Crippen MR) is 259 cm³/mol. The average Bonchev–Trinajstić information content (AvgIpc) is 3.27. The monoisotopic (exact) mass is 1230 g/mol. The number of hydrogen-bond donors (Lipinski definition) is 19. The molecule has 0 amide bonds. The standard InChI is InChI=1S/C48H74N4O33/c53-5-14-35-22(52-4-2-50-13-52)24(61)43(73-14)82-38-17(8-56)76-46(32(69)27(38)64)84-40-19(10-58)78-48(34(71)29(40)66)85-41-20(11-59)77-47(33(70)28(41)65)83-39-18(9-57)75-45(31(68)26(39)63)80-36-15(6-54)72-42(23(60)21(36)51-3-1-49-12-51)81-37-16(7-55)74-44(79-35)30(67)25(37)62/h1-4,12-48,53-71H,5-11H2/t14-,15-,16-,17-,18-,19-,20-,21-,22-,23-,24-,25-,26-,27-,28-,29-,30-,31-,32-,33-,34-,35-,36-,37-,38-,39-,40-,41-,42-,43-,44-,45-,46-,47-,48-/m1/s1. The van der Waals surface area contributed by atoms with Crippen LogP contribution in [0.2, 0.25) is 0 Å². The van der Waals surface area contributed by atoms with Crippen molar-refractivity contribution in [1.82, 2.24) is 19.1 Å². The number of nitrogens with zero attached hydrogens (tertiary/aromatic N) is 4. The minimum Gasteiger partial charge on any atom is -0.394 e. The van der Waals surface area contributed by atoms with E-state index in [0.717, 1.165) is 0 Å². The Labute approximate surface area is 480 Å². The van der Waals surface area contributed by atoms with Crippen molar-refractivity contribution in [3.8, 4) is 0 Å². The van der Waals surface area contributed by atoms with Gasteiger partial charge in [0.2, 0.25) is 0 Å². The first-order chi connectivity index (χ1) is 40.8. The van der Waals surface area contributed by atoms with Crippen LogP contribution in [0.4, 0.5) is 0 Å². The summed E-state index contributed by atoms with van der Waals surface area (Å²) in [6.45, 7) is -6.97. The molecule has 21 fully saturated rings. The van der Waals surface area contributed by atoms with E-state index in [2.05, 4.69) is 9.97 Å². The summed E-state index contributed by atoms with van der Waals surface area (Å²) < 4.78 is 85.5. The number of aliphatic hydroxyl groups is 19. The molecule has 21 aliphatic rings. The van der Waals surface area contributed by atoms with Crippen molar-refractivity contribution in [3.63, 3.8) is 0 Å². The summed E-state index contributed by atoms with van der Waals surface area (Å²) in [6, 6.07) is -2.90. The molecule has 37 heteroatoms. The maximum absolute atomic E-state index is 12.1. The van der Waals surface area contributed by atoms with Gasteiger partial charge in [-0.15, -0.1) is 0 Å². The van der Waals surface area contributed by atoms with Crippen LogP contribution < -0.4 is 0 Å². The molecule has 85 heavy (non-hydrogen) atoms. The summed E-state index contributed by atoms with van der Waals surface area (Å²) in [7, 11) is 0. The molecule has 14 bridgehead atoms. The third-order valence-electron chi connectivity index (χ3n) is 16.5. The molecule has 0 aliphatic carbocycles. The zero-order valence-electron chi connectivity index (χ0n) is 44.6. The molecule has 0 spiro atoms. The van der Waals surface area contributed by atoms with Gasteiger partial charge in [-0.3, -0.25) is 0 Å². The van der Waals surface area contributed by atoms with E-state index in [1.54, 1.807) is 0 Å². The van der Waals surface area contributed by atoms with Crippen molar-refractivity contribution < 1.29 is 163 Å². The van der Waals surface area contributed by atoms with Crippen LogP contribution in [-0.4, -0.2) is 365 Å². The molecular weight excluding hydrogens is 1160 g/mol. The van der Waals surface area contributed by atoms with Crippen LogP contribution in [-0.2, 0) is 66.3 Å². The van der Waals surface area contributed by atoms with E-state index in [0.29, 0.717) is 0 Å². The highest BCUT2D eigenvalue weighted by Crippen LogP contribution is 2.42. The molecule has 21 saturated heterocycles. The minimum absolute atomic E-state index is 0.946. The maximum atomic E-state index is 12.1. The Morgan fingerprint density at radius 1 is 0.247 bits per heavy atom. The number of aromatic nitrogens is 4. The number of aliphatic hydroxyl groups excluding tert-OH is 19. The summed E-state index contributed by atoms with van der Waals surface area (Å²) in [5.41, 5.74) is 0. The van der Waals surface area contributed by atoms with Gasteiger partial charge in [-0.1, -0.05) is 0 Å². The van der Waals surface area contributed by atoms with Crippen LogP contribution in [0.15, 0.2) is 37.4 Å². The first kappa shape index (κ1) is 65.1. The van der Waals surface area contributed by atoms with Crippen molar-refractivity contribution in [3.05, 3.63) is 37.4 Å². The van der Waals surface area contributed by atoms with Gasteiger partial charge < -0.3 is 172 Å². The van der Waals surface area contributed by atoms with Crippen molar-refractivity contribution in [2.45, 2.75) is 215 Å². The number of imidazole rings is 2. The van der Waals surface area contributed by atoms with E-state index in [9.17, 15) is 97.0 Å². The van der Waals surface area contributed by atoms with Gasteiger partial charge in [0.1, 0.15) is 159 Å². The van der Waals surface area contributed by atoms with Crippen LogP contribution in [0.1, 0.15) is 12.1 Å². The molecule has 23 heterocycles. The summed E-state index contributed by atoms with van der Waals surface area (Å²) in [5.74, 6) is 0. The highest BCUT2D eigenvalue weighted by atomic mass is 16.8. The first-order valence-electron chi connectivity index (χ1n) is 27.4. The van der Waals surface area contributed by atoms with Gasteiger partial charge in [-0.25, -0.2) is 9.97 Å². The zero-order chi connectivity index (χ0) is 60.9. The summed E-state index contributed by atoms with van der Waals surface area (Å²) in [4.78, 5) is 8.04. The molecule has 23 rings (SSSR count). The smallest absolute Gasteiger partial charge is 0.187 e. The van der Waals surface area contributed by atoms with Crippen molar-refractivity contribution in [1.29, 1.82) is 0 Å². The van der Waals surface area contributed by atoms with Crippen LogP contribution in [0.3, 0.4) is 0 Å². The van der Waals surface area contributed by atoms with E-state index in [1.165, 1.54) is 46.6 Å². The first-order valence-corrected chi connectivity index (χ1v) is 27.4. The van der Waals surface area contributed by atoms with Crippen molar-refractivity contribution in [2.75, 3.05) is 46.2 Å². The lowest BCUT2D eigenvalue weighted by Gasteiger charge is -2.51. The van der Waals surface area contributed by atoms with Gasteiger partial charge >= 0.3 is 0 Å². The predicted octanol–water partition coefficient (Wildman–Crippen LogP) is -13.1.